The molecule has 2 unspecified atom stereocenters. The highest BCUT2D eigenvalue weighted by molar-refractivity contribution is 9.09. The molecule has 73 heavy (non-hydrogen) atoms. The highest BCUT2D eigenvalue weighted by atomic mass is 79.9. The van der Waals surface area contributed by atoms with E-state index in [9.17, 15) is 46.8 Å². The minimum atomic E-state index is -3.83. The fraction of sp³-hybridized carbons (Fsp3) is 0.711. The number of ether oxygens (including phenoxy) is 2. The fourth-order valence-corrected chi connectivity index (χ4v) is 15.6. The summed E-state index contributed by atoms with van der Waals surface area (Å²) in [6.07, 6.45) is 2.57. The van der Waals surface area contributed by atoms with Crippen molar-refractivity contribution in [1.29, 1.82) is 0 Å². The molecule has 0 bridgehead atoms. The molecule has 1 aromatic heterocycles. The van der Waals surface area contributed by atoms with Crippen molar-refractivity contribution in [2.75, 3.05) is 89.8 Å². The number of pyridine rings is 1. The van der Waals surface area contributed by atoms with E-state index in [-0.39, 0.29) is 124 Å². The first-order valence-corrected chi connectivity index (χ1v) is 31.2. The van der Waals surface area contributed by atoms with Gasteiger partial charge in [-0.2, -0.15) is 0 Å². The van der Waals surface area contributed by atoms with E-state index in [4.69, 9.17) is 36.6 Å². The lowest BCUT2D eigenvalue weighted by Crippen LogP contribution is -2.54. The SMILES string of the molecule is CCOP(=O)(OCC)C(CC(=O)CBr)P(=O)(OCC)OCC.CCOP(=O)(OCC)C(CC)CC(=O)COC(=O)N1CCN(c2c(F)cc3c(=O)c(C(C)=O)cn(C4CC4)c3c2OC)CC1C.CCOP(=O)=O. The molecule has 1 aromatic carbocycles. The van der Waals surface area contributed by atoms with Crippen LogP contribution in [0.15, 0.2) is 17.1 Å². The topological polar surface area (TPSA) is 265 Å². The molecular formula is C45H73BrFN3O19P4. The van der Waals surface area contributed by atoms with Crippen molar-refractivity contribution in [3.05, 3.63) is 33.9 Å². The van der Waals surface area contributed by atoms with Crippen molar-refractivity contribution in [2.45, 2.75) is 124 Å². The number of ketones is 3. The number of anilines is 1. The van der Waals surface area contributed by atoms with E-state index in [1.165, 1.54) is 18.9 Å². The van der Waals surface area contributed by atoms with Crippen LogP contribution in [-0.4, -0.2) is 135 Å². The third kappa shape index (κ3) is 18.6. The predicted octanol–water partition coefficient (Wildman–Crippen LogP) is 10.6. The maximum absolute atomic E-state index is 15.8. The Kier molecular flexibility index (Phi) is 28.9. The van der Waals surface area contributed by atoms with E-state index in [0.29, 0.717) is 11.9 Å². The van der Waals surface area contributed by atoms with Crippen molar-refractivity contribution in [2.24, 2.45) is 0 Å². The molecule has 1 saturated carbocycles. The highest BCUT2D eigenvalue weighted by Crippen LogP contribution is 2.71. The third-order valence-electron chi connectivity index (χ3n) is 11.0. The lowest BCUT2D eigenvalue weighted by atomic mass is 10.1. The zero-order valence-corrected chi connectivity index (χ0v) is 48.8. The molecule has 2 aromatic rings. The van der Waals surface area contributed by atoms with E-state index < -0.39 is 77.5 Å². The number of amides is 1. The van der Waals surface area contributed by atoms with E-state index in [0.717, 1.165) is 18.9 Å². The Bertz CT molecular complexity index is 2390. The summed E-state index contributed by atoms with van der Waals surface area (Å²) >= 11 is 3.04. The summed E-state index contributed by atoms with van der Waals surface area (Å²) in [5.41, 5.74) is -0.586. The second kappa shape index (κ2) is 31.9. The van der Waals surface area contributed by atoms with Crippen LogP contribution in [-0.2, 0) is 68.8 Å². The second-order valence-electron chi connectivity index (χ2n) is 16.2. The molecule has 1 saturated heterocycles. The molecule has 0 N–H and O–H groups in total. The van der Waals surface area contributed by atoms with Crippen molar-refractivity contribution in [1.82, 2.24) is 9.47 Å². The number of alkyl halides is 1. The van der Waals surface area contributed by atoms with E-state index in [2.05, 4.69) is 20.5 Å². The van der Waals surface area contributed by atoms with E-state index in [1.54, 1.807) is 73.4 Å². The van der Waals surface area contributed by atoms with Crippen molar-refractivity contribution in [3.63, 3.8) is 0 Å². The van der Waals surface area contributed by atoms with Crippen LogP contribution in [0.1, 0.15) is 118 Å². The average Bonchev–Trinajstić information content (AvgIpc) is 4.18. The molecular weight excluding hydrogens is 1110 g/mol. The zero-order valence-electron chi connectivity index (χ0n) is 43.6. The molecule has 22 nitrogen and oxygen atoms in total. The van der Waals surface area contributed by atoms with Gasteiger partial charge in [-0.25, -0.2) is 18.3 Å². The average molecular weight is 1180 g/mol. The van der Waals surface area contributed by atoms with Crippen LogP contribution in [0.3, 0.4) is 0 Å². The number of carbonyl (C=O) groups excluding carboxylic acids is 4. The molecule has 0 spiro atoms. The maximum atomic E-state index is 15.8. The number of hydrogen-bond donors (Lipinski definition) is 0. The standard InChI is InChI=1S/C31H43FN3O9P.C12H25BrO7P2.C2H5O3P/c1-7-23(45(40,43-8-2)44-9-3)14-22(37)18-42-31(39)34-13-12-33(16-19(34)4)28-26(32)15-24-27(30(28)41-6)35(21-10-11-21)17-25(20(5)36)29(24)38;1-5-17-21(15,18-6-2)12(9-11(14)10-13)22(16,19-7-3)20-8-4;1-2-5-6(3)4/h15,17,19,21,23H,7-14,16,18H2,1-6H3;12H,5-10H2,1-4H3;2H2,1H3. The molecule has 2 atom stereocenters. The zero-order chi connectivity index (χ0) is 55.3. The molecule has 1 aliphatic heterocycles. The normalized spacial score (nSPS) is 15.5. The van der Waals surface area contributed by atoms with Gasteiger partial charge in [-0.3, -0.25) is 37.4 Å². The van der Waals surface area contributed by atoms with Gasteiger partial charge >= 0.3 is 36.8 Å². The fourth-order valence-electron chi connectivity index (χ4n) is 7.79. The van der Waals surface area contributed by atoms with Crippen LogP contribution in [0, 0.1) is 5.82 Å². The molecule has 2 aliphatic rings. The summed E-state index contributed by atoms with van der Waals surface area (Å²) in [5, 5.41) is -1.15. The van der Waals surface area contributed by atoms with Crippen LogP contribution in [0.4, 0.5) is 14.9 Å². The number of carbonyl (C=O) groups is 4. The molecule has 28 heteroatoms. The van der Waals surface area contributed by atoms with Crippen LogP contribution < -0.4 is 15.1 Å². The number of nitrogens with zero attached hydrogens (tertiary/aromatic N) is 3. The van der Waals surface area contributed by atoms with Gasteiger partial charge in [0.05, 0.1) is 80.8 Å². The number of hydrogen-bond acceptors (Lipinski definition) is 20. The van der Waals surface area contributed by atoms with Gasteiger partial charge in [-0.1, -0.05) is 22.9 Å². The number of fused-ring (bicyclic) bond motifs is 1. The summed E-state index contributed by atoms with van der Waals surface area (Å²) in [6.45, 7) is 17.6. The van der Waals surface area contributed by atoms with Crippen molar-refractivity contribution < 1.29 is 87.5 Å². The van der Waals surface area contributed by atoms with Crippen LogP contribution in [0.2, 0.25) is 0 Å². The van der Waals surface area contributed by atoms with E-state index in [1.807, 2.05) is 4.57 Å². The smallest absolute Gasteiger partial charge is 0.468 e. The summed E-state index contributed by atoms with van der Waals surface area (Å²) in [6, 6.07) is 0.813. The minimum Gasteiger partial charge on any atom is -0.492 e. The number of halogens is 2. The van der Waals surface area contributed by atoms with Gasteiger partial charge in [0.1, 0.15) is 11.5 Å². The first kappa shape index (κ1) is 66.1. The number of rotatable bonds is 29. The molecule has 1 aliphatic carbocycles. The Balaban J connectivity index is 0.000000543. The lowest BCUT2D eigenvalue weighted by Gasteiger charge is -2.40. The quantitative estimate of drug-likeness (QED) is 0.0416. The second-order valence-corrected chi connectivity index (χ2v) is 24.6. The maximum Gasteiger partial charge on any atom is 0.468 e. The van der Waals surface area contributed by atoms with Gasteiger partial charge in [-0.15, -0.1) is 0 Å². The Labute approximate surface area is 435 Å². The molecule has 1 amide bonds. The largest absolute Gasteiger partial charge is 0.492 e. The molecule has 2 heterocycles. The van der Waals surface area contributed by atoms with Gasteiger partial charge in [0.15, 0.2) is 40.6 Å². The molecule has 0 radical (unpaired) electrons. The minimum absolute atomic E-state index is 0.00523. The molecule has 4 rings (SSSR count). The number of piperazine rings is 1. The van der Waals surface area contributed by atoms with Gasteiger partial charge in [0.2, 0.25) is 0 Å². The summed E-state index contributed by atoms with van der Waals surface area (Å²) < 4.78 is 122. The Hall–Kier alpha value is -2.97. The van der Waals surface area contributed by atoms with Crippen molar-refractivity contribution >= 4 is 86.7 Å². The number of Topliss-reactive ketones (excluding diaryl/α,β-unsaturated/α-hetero) is 3. The summed E-state index contributed by atoms with van der Waals surface area (Å²) in [7, 11) is -12.3. The lowest BCUT2D eigenvalue weighted by molar-refractivity contribution is -0.122. The third-order valence-corrected chi connectivity index (χ3v) is 20.8. The number of aromatic nitrogens is 1. The number of methoxy groups -OCH3 is 1. The van der Waals surface area contributed by atoms with Gasteiger partial charge in [0, 0.05) is 50.8 Å². The molecule has 416 valence electrons. The van der Waals surface area contributed by atoms with Crippen LogP contribution in [0.25, 0.3) is 10.9 Å². The van der Waals surface area contributed by atoms with Gasteiger partial charge < -0.3 is 51.0 Å². The van der Waals surface area contributed by atoms with Crippen LogP contribution >= 0.6 is 46.6 Å². The number of benzene rings is 1. The van der Waals surface area contributed by atoms with E-state index >= 15 is 4.39 Å². The summed E-state index contributed by atoms with van der Waals surface area (Å²) in [5.74, 6) is -1.56. The van der Waals surface area contributed by atoms with Crippen LogP contribution in [0.5, 0.6) is 5.75 Å². The Morgan fingerprint density at radius 1 is 0.795 bits per heavy atom. The molecule has 2 fully saturated rings. The predicted molar refractivity (Wildman–Crippen MR) is 276 cm³/mol. The van der Waals surface area contributed by atoms with Gasteiger partial charge in [0.25, 0.3) is 0 Å². The highest BCUT2D eigenvalue weighted by Gasteiger charge is 2.51. The Morgan fingerprint density at radius 2 is 1.32 bits per heavy atom. The first-order chi connectivity index (χ1) is 34.5. The van der Waals surface area contributed by atoms with Crippen molar-refractivity contribution in [3.8, 4) is 5.75 Å². The monoisotopic (exact) mass is 1180 g/mol. The Morgan fingerprint density at radius 3 is 1.71 bits per heavy atom. The first-order valence-electron chi connectivity index (χ1n) is 24.2. The summed E-state index contributed by atoms with van der Waals surface area (Å²) in [4.78, 5) is 66.1. The van der Waals surface area contributed by atoms with Gasteiger partial charge in [-0.05, 0) is 87.6 Å².